The summed E-state index contributed by atoms with van der Waals surface area (Å²) in [6, 6.07) is 15.3. The Labute approximate surface area is 166 Å². The van der Waals surface area contributed by atoms with E-state index < -0.39 is 0 Å². The summed E-state index contributed by atoms with van der Waals surface area (Å²) in [7, 11) is 1.65. The third kappa shape index (κ3) is 5.04. The van der Waals surface area contributed by atoms with E-state index in [4.69, 9.17) is 16.3 Å². The first-order valence-corrected chi connectivity index (χ1v) is 8.51. The summed E-state index contributed by atoms with van der Waals surface area (Å²) in [5, 5.41) is 5.71. The fourth-order valence-corrected chi connectivity index (χ4v) is 3.08. The van der Waals surface area contributed by atoms with Crippen molar-refractivity contribution in [1.82, 2.24) is 4.98 Å². The Kier molecular flexibility index (Phi) is 6.99. The van der Waals surface area contributed by atoms with Crippen LogP contribution in [0.15, 0.2) is 53.6 Å². The number of aryl methyl sites for hydroxylation is 1. The minimum Gasteiger partial charge on any atom is -0.497 e. The second-order valence-corrected chi connectivity index (χ2v) is 6.71. The molecule has 0 bridgehead atoms. The monoisotopic (exact) mass is 437 g/mol. The molecule has 0 aliphatic carbocycles. The SMILES string of the molecule is Br.COc1ccc(/C=N\Nc2nc(-c3ccc(Cl)cc3)c(C)s2)cc1. The van der Waals surface area contributed by atoms with Crippen LogP contribution in [0.5, 0.6) is 5.75 Å². The van der Waals surface area contributed by atoms with Gasteiger partial charge >= 0.3 is 0 Å². The lowest BCUT2D eigenvalue weighted by atomic mass is 10.1. The van der Waals surface area contributed by atoms with E-state index in [1.165, 1.54) is 0 Å². The fourth-order valence-electron chi connectivity index (χ4n) is 2.17. The highest BCUT2D eigenvalue weighted by Gasteiger charge is 2.09. The maximum atomic E-state index is 5.93. The molecule has 25 heavy (non-hydrogen) atoms. The van der Waals surface area contributed by atoms with Crippen LogP contribution in [-0.2, 0) is 0 Å². The second kappa shape index (κ2) is 8.99. The number of hydrogen-bond donors (Lipinski definition) is 1. The molecule has 0 atom stereocenters. The van der Waals surface area contributed by atoms with Gasteiger partial charge < -0.3 is 4.74 Å². The first-order valence-electron chi connectivity index (χ1n) is 7.32. The first kappa shape index (κ1) is 19.4. The molecule has 1 aromatic heterocycles. The normalized spacial score (nSPS) is 10.5. The molecule has 0 aliphatic heterocycles. The van der Waals surface area contributed by atoms with Gasteiger partial charge in [0.2, 0.25) is 5.13 Å². The Morgan fingerprint density at radius 2 is 1.80 bits per heavy atom. The lowest BCUT2D eigenvalue weighted by molar-refractivity contribution is 0.415. The van der Waals surface area contributed by atoms with Crippen molar-refractivity contribution in [2.75, 3.05) is 12.5 Å². The third-order valence-corrected chi connectivity index (χ3v) is 4.53. The molecule has 0 spiro atoms. The van der Waals surface area contributed by atoms with Gasteiger partial charge in [-0.2, -0.15) is 5.10 Å². The van der Waals surface area contributed by atoms with E-state index in [-0.39, 0.29) is 17.0 Å². The molecule has 0 fully saturated rings. The van der Waals surface area contributed by atoms with E-state index in [2.05, 4.69) is 15.5 Å². The van der Waals surface area contributed by atoms with Crippen molar-refractivity contribution in [3.05, 3.63) is 64.0 Å². The largest absolute Gasteiger partial charge is 0.497 e. The van der Waals surface area contributed by atoms with Gasteiger partial charge in [-0.05, 0) is 48.9 Å². The molecule has 130 valence electrons. The van der Waals surface area contributed by atoms with Gasteiger partial charge in [0.1, 0.15) is 5.75 Å². The summed E-state index contributed by atoms with van der Waals surface area (Å²) >= 11 is 7.50. The van der Waals surface area contributed by atoms with Crippen LogP contribution in [0.1, 0.15) is 10.4 Å². The molecule has 0 saturated heterocycles. The number of methoxy groups -OCH3 is 1. The predicted octanol–water partition coefficient (Wildman–Crippen LogP) is 5.80. The van der Waals surface area contributed by atoms with Crippen LogP contribution in [0.2, 0.25) is 5.02 Å². The lowest BCUT2D eigenvalue weighted by Crippen LogP contribution is -1.90. The molecule has 0 unspecified atom stereocenters. The highest BCUT2D eigenvalue weighted by atomic mass is 79.9. The molecule has 0 aliphatic rings. The van der Waals surface area contributed by atoms with Crippen molar-refractivity contribution < 1.29 is 4.74 Å². The predicted molar refractivity (Wildman–Crippen MR) is 112 cm³/mol. The average molecular weight is 439 g/mol. The molecule has 3 rings (SSSR count). The van der Waals surface area contributed by atoms with Crippen LogP contribution in [0.25, 0.3) is 11.3 Å². The van der Waals surface area contributed by atoms with Crippen molar-refractivity contribution in [1.29, 1.82) is 0 Å². The summed E-state index contributed by atoms with van der Waals surface area (Å²) in [4.78, 5) is 5.72. The summed E-state index contributed by atoms with van der Waals surface area (Å²) in [6.45, 7) is 2.04. The Morgan fingerprint density at radius 1 is 1.12 bits per heavy atom. The molecule has 0 radical (unpaired) electrons. The maximum Gasteiger partial charge on any atom is 0.204 e. The Hall–Kier alpha value is -1.89. The number of anilines is 1. The molecule has 4 nitrogen and oxygen atoms in total. The number of aromatic nitrogens is 1. The van der Waals surface area contributed by atoms with Crippen LogP contribution in [0, 0.1) is 6.92 Å². The van der Waals surface area contributed by atoms with E-state index in [0.29, 0.717) is 5.02 Å². The van der Waals surface area contributed by atoms with Crippen molar-refractivity contribution in [2.24, 2.45) is 5.10 Å². The summed E-state index contributed by atoms with van der Waals surface area (Å²) in [6.07, 6.45) is 1.75. The zero-order valence-electron chi connectivity index (χ0n) is 13.7. The van der Waals surface area contributed by atoms with Gasteiger partial charge in [-0.25, -0.2) is 4.98 Å². The Morgan fingerprint density at radius 3 is 2.44 bits per heavy atom. The maximum absolute atomic E-state index is 5.93. The summed E-state index contributed by atoms with van der Waals surface area (Å²) in [5.74, 6) is 0.822. The Bertz CT molecular complexity index is 848. The van der Waals surface area contributed by atoms with Gasteiger partial charge in [0.15, 0.2) is 0 Å². The number of hydrogen-bond acceptors (Lipinski definition) is 5. The quantitative estimate of drug-likeness (QED) is 0.404. The fraction of sp³-hybridized carbons (Fsp3) is 0.111. The molecular formula is C18H17BrClN3OS. The number of benzene rings is 2. The van der Waals surface area contributed by atoms with Gasteiger partial charge in [-0.1, -0.05) is 23.7 Å². The Balaban J connectivity index is 0.00000225. The molecule has 0 saturated carbocycles. The van der Waals surface area contributed by atoms with Gasteiger partial charge in [-0.3, -0.25) is 5.43 Å². The van der Waals surface area contributed by atoms with Crippen LogP contribution in [0.3, 0.4) is 0 Å². The minimum absolute atomic E-state index is 0. The van der Waals surface area contributed by atoms with E-state index in [9.17, 15) is 0 Å². The van der Waals surface area contributed by atoms with Crippen LogP contribution >= 0.6 is 39.9 Å². The third-order valence-electron chi connectivity index (χ3n) is 3.40. The molecule has 2 aromatic carbocycles. The van der Waals surface area contributed by atoms with Crippen LogP contribution in [-0.4, -0.2) is 18.3 Å². The molecule has 7 heteroatoms. The van der Waals surface area contributed by atoms with Crippen molar-refractivity contribution in [3.8, 4) is 17.0 Å². The molecular weight excluding hydrogens is 422 g/mol. The van der Waals surface area contributed by atoms with Crippen LogP contribution < -0.4 is 10.2 Å². The van der Waals surface area contributed by atoms with Crippen molar-refractivity contribution >= 4 is 51.3 Å². The number of ether oxygens (including phenoxy) is 1. The average Bonchev–Trinajstić information content (AvgIpc) is 2.97. The number of nitrogens with zero attached hydrogens (tertiary/aromatic N) is 2. The van der Waals surface area contributed by atoms with E-state index in [0.717, 1.165) is 32.6 Å². The number of hydrazone groups is 1. The van der Waals surface area contributed by atoms with Crippen molar-refractivity contribution in [3.63, 3.8) is 0 Å². The highest BCUT2D eigenvalue weighted by Crippen LogP contribution is 2.30. The molecule has 3 aromatic rings. The van der Waals surface area contributed by atoms with E-state index >= 15 is 0 Å². The standard InChI is InChI=1S/C18H16ClN3OS.BrH/c1-12-17(14-5-7-15(19)8-6-14)21-18(24-12)22-20-11-13-3-9-16(23-2)10-4-13;/h3-11H,1-2H3,(H,21,22);1H/b20-11-;. The number of nitrogens with one attached hydrogen (secondary N) is 1. The minimum atomic E-state index is 0. The first-order chi connectivity index (χ1) is 11.7. The molecule has 0 amide bonds. The van der Waals surface area contributed by atoms with E-state index in [1.54, 1.807) is 24.7 Å². The zero-order valence-corrected chi connectivity index (χ0v) is 17.0. The number of thiazole rings is 1. The number of halogens is 2. The molecule has 1 N–H and O–H groups in total. The van der Waals surface area contributed by atoms with Gasteiger partial charge in [-0.15, -0.1) is 28.3 Å². The smallest absolute Gasteiger partial charge is 0.204 e. The number of rotatable bonds is 5. The summed E-state index contributed by atoms with van der Waals surface area (Å²) in [5.41, 5.74) is 5.95. The highest BCUT2D eigenvalue weighted by molar-refractivity contribution is 8.93. The lowest BCUT2D eigenvalue weighted by Gasteiger charge is -1.99. The molecule has 1 heterocycles. The van der Waals surface area contributed by atoms with Crippen molar-refractivity contribution in [2.45, 2.75) is 6.92 Å². The second-order valence-electron chi connectivity index (χ2n) is 5.07. The van der Waals surface area contributed by atoms with Crippen LogP contribution in [0.4, 0.5) is 5.13 Å². The van der Waals surface area contributed by atoms with Gasteiger partial charge in [0.05, 0.1) is 19.0 Å². The topological polar surface area (TPSA) is 46.5 Å². The summed E-state index contributed by atoms with van der Waals surface area (Å²) < 4.78 is 5.13. The van der Waals surface area contributed by atoms with E-state index in [1.807, 2.05) is 55.5 Å². The zero-order chi connectivity index (χ0) is 16.9. The van der Waals surface area contributed by atoms with Gasteiger partial charge in [0.25, 0.3) is 0 Å². The van der Waals surface area contributed by atoms with Gasteiger partial charge in [0, 0.05) is 15.5 Å².